The van der Waals surface area contributed by atoms with E-state index in [0.717, 1.165) is 19.7 Å². The van der Waals surface area contributed by atoms with Gasteiger partial charge in [0.25, 0.3) is 10.0 Å². The summed E-state index contributed by atoms with van der Waals surface area (Å²) in [4.78, 5) is 13.6. The van der Waals surface area contributed by atoms with Crippen LogP contribution < -0.4 is 10.0 Å². The minimum absolute atomic E-state index is 0.0230. The van der Waals surface area contributed by atoms with Crippen molar-refractivity contribution in [2.75, 3.05) is 29.7 Å². The Kier molecular flexibility index (Phi) is 9.14. The van der Waals surface area contributed by atoms with E-state index >= 15 is 0 Å². The number of aryl methyl sites for hydroxylation is 2. The minimum atomic E-state index is -4.18. The second-order valence-corrected chi connectivity index (χ2v) is 16.1. The van der Waals surface area contributed by atoms with E-state index in [2.05, 4.69) is 10.0 Å². The van der Waals surface area contributed by atoms with Gasteiger partial charge in [0.15, 0.2) is 0 Å². The van der Waals surface area contributed by atoms with Gasteiger partial charge in [-0.2, -0.15) is 8.61 Å². The molecular formula is C31H32N4O7S3. The van der Waals surface area contributed by atoms with Crippen LogP contribution in [0.2, 0.25) is 0 Å². The Bertz CT molecular complexity index is 2020. The number of anilines is 2. The molecule has 45 heavy (non-hydrogen) atoms. The topological polar surface area (TPSA) is 150 Å². The Hall–Kier alpha value is -4.08. The molecule has 1 saturated heterocycles. The largest absolute Gasteiger partial charge is 0.325 e. The van der Waals surface area contributed by atoms with Crippen LogP contribution in [-0.4, -0.2) is 65.4 Å². The SMILES string of the molecule is Cc1ccc(C)c(NS(=O)(=O)c2ccc(NC(=O)C3CN(S(=O)(=O)c4ccccc4)CCN3S(=O)(=O)c3ccccc3)cc2)c1. The first-order valence-corrected chi connectivity index (χ1v) is 18.3. The van der Waals surface area contributed by atoms with Crippen molar-refractivity contribution in [3.8, 4) is 0 Å². The van der Waals surface area contributed by atoms with Crippen molar-refractivity contribution < 1.29 is 30.0 Å². The number of rotatable bonds is 9. The van der Waals surface area contributed by atoms with Crippen LogP contribution in [0.15, 0.2) is 118 Å². The second-order valence-electron chi connectivity index (χ2n) is 10.6. The van der Waals surface area contributed by atoms with Gasteiger partial charge in [0.2, 0.25) is 26.0 Å². The molecule has 0 bridgehead atoms. The molecule has 0 aromatic heterocycles. The highest BCUT2D eigenvalue weighted by atomic mass is 32.2. The first-order valence-electron chi connectivity index (χ1n) is 13.9. The molecule has 0 saturated carbocycles. The summed E-state index contributed by atoms with van der Waals surface area (Å²) in [7, 11) is -12.2. The normalized spacial score (nSPS) is 16.6. The number of piperazine rings is 1. The van der Waals surface area contributed by atoms with Crippen LogP contribution in [0.4, 0.5) is 11.4 Å². The molecule has 1 heterocycles. The highest BCUT2D eigenvalue weighted by Gasteiger charge is 2.43. The van der Waals surface area contributed by atoms with Crippen molar-refractivity contribution in [3.05, 3.63) is 114 Å². The molecule has 1 aliphatic heterocycles. The van der Waals surface area contributed by atoms with Gasteiger partial charge in [0.05, 0.1) is 20.4 Å². The minimum Gasteiger partial charge on any atom is -0.325 e. The van der Waals surface area contributed by atoms with Gasteiger partial charge in [0, 0.05) is 25.3 Å². The van der Waals surface area contributed by atoms with Gasteiger partial charge in [-0.15, -0.1) is 0 Å². The maximum atomic E-state index is 13.7. The molecule has 11 nitrogen and oxygen atoms in total. The van der Waals surface area contributed by atoms with E-state index in [1.807, 2.05) is 19.1 Å². The zero-order valence-electron chi connectivity index (χ0n) is 24.5. The monoisotopic (exact) mass is 668 g/mol. The summed E-state index contributed by atoms with van der Waals surface area (Å²) in [6.45, 7) is 2.79. The van der Waals surface area contributed by atoms with E-state index in [-0.39, 0.29) is 33.5 Å². The van der Waals surface area contributed by atoms with Crippen LogP contribution in [0.3, 0.4) is 0 Å². The van der Waals surface area contributed by atoms with Crippen molar-refractivity contribution in [3.63, 3.8) is 0 Å². The van der Waals surface area contributed by atoms with Crippen LogP contribution in [0.5, 0.6) is 0 Å². The van der Waals surface area contributed by atoms with E-state index < -0.39 is 48.6 Å². The zero-order valence-corrected chi connectivity index (χ0v) is 26.9. The number of hydrogen-bond donors (Lipinski definition) is 2. The summed E-state index contributed by atoms with van der Waals surface area (Å²) in [6, 6.07) is 24.7. The summed E-state index contributed by atoms with van der Waals surface area (Å²) < 4.78 is 84.8. The third kappa shape index (κ3) is 6.94. The van der Waals surface area contributed by atoms with E-state index in [4.69, 9.17) is 0 Å². The van der Waals surface area contributed by atoms with Crippen molar-refractivity contribution in [1.82, 2.24) is 8.61 Å². The number of benzene rings is 4. The highest BCUT2D eigenvalue weighted by molar-refractivity contribution is 7.92. The molecule has 0 radical (unpaired) electrons. The molecule has 0 spiro atoms. The van der Waals surface area contributed by atoms with Crippen LogP contribution >= 0.6 is 0 Å². The lowest BCUT2D eigenvalue weighted by atomic mass is 10.1. The molecule has 1 fully saturated rings. The number of hydrogen-bond acceptors (Lipinski definition) is 7. The van der Waals surface area contributed by atoms with E-state index in [0.29, 0.717) is 5.69 Å². The van der Waals surface area contributed by atoms with Gasteiger partial charge in [-0.05, 0) is 79.6 Å². The van der Waals surface area contributed by atoms with Crippen LogP contribution in [0.25, 0.3) is 0 Å². The molecule has 14 heteroatoms. The number of nitrogens with one attached hydrogen (secondary N) is 2. The lowest BCUT2D eigenvalue weighted by Gasteiger charge is -2.38. The first kappa shape index (κ1) is 32.3. The number of nitrogens with zero attached hydrogens (tertiary/aromatic N) is 2. The van der Waals surface area contributed by atoms with Gasteiger partial charge < -0.3 is 5.32 Å². The fraction of sp³-hybridized carbons (Fsp3) is 0.194. The fourth-order valence-electron chi connectivity index (χ4n) is 4.92. The molecule has 4 aromatic carbocycles. The summed E-state index contributed by atoms with van der Waals surface area (Å²) in [6.07, 6.45) is 0. The smallest absolute Gasteiger partial charge is 0.261 e. The van der Waals surface area contributed by atoms with Crippen LogP contribution in [0.1, 0.15) is 11.1 Å². The highest BCUT2D eigenvalue weighted by Crippen LogP contribution is 2.27. The van der Waals surface area contributed by atoms with Crippen LogP contribution in [0, 0.1) is 13.8 Å². The second kappa shape index (κ2) is 12.7. The van der Waals surface area contributed by atoms with E-state index in [9.17, 15) is 30.0 Å². The summed E-state index contributed by atoms with van der Waals surface area (Å²) in [5.41, 5.74) is 2.28. The maximum Gasteiger partial charge on any atom is 0.261 e. The predicted molar refractivity (Wildman–Crippen MR) is 171 cm³/mol. The Balaban J connectivity index is 1.40. The van der Waals surface area contributed by atoms with Crippen molar-refractivity contribution in [1.29, 1.82) is 0 Å². The summed E-state index contributed by atoms with van der Waals surface area (Å²) in [5.74, 6) is -0.772. The number of sulfonamides is 3. The molecule has 1 unspecified atom stereocenters. The van der Waals surface area contributed by atoms with Crippen molar-refractivity contribution >= 4 is 47.4 Å². The fourth-order valence-corrected chi connectivity index (χ4v) is 9.09. The average molecular weight is 669 g/mol. The van der Waals surface area contributed by atoms with Gasteiger partial charge >= 0.3 is 0 Å². The van der Waals surface area contributed by atoms with Gasteiger partial charge in [0.1, 0.15) is 6.04 Å². The summed E-state index contributed by atoms with van der Waals surface area (Å²) >= 11 is 0. The van der Waals surface area contributed by atoms with Crippen LogP contribution in [-0.2, 0) is 34.9 Å². The molecule has 236 valence electrons. The molecule has 5 rings (SSSR count). The third-order valence-electron chi connectivity index (χ3n) is 7.40. The Morgan fingerprint density at radius 3 is 1.87 bits per heavy atom. The first-order chi connectivity index (χ1) is 21.3. The van der Waals surface area contributed by atoms with Gasteiger partial charge in [-0.25, -0.2) is 25.3 Å². The summed E-state index contributed by atoms with van der Waals surface area (Å²) in [5, 5.41) is 2.64. The van der Waals surface area contributed by atoms with Crippen molar-refractivity contribution in [2.24, 2.45) is 0 Å². The van der Waals surface area contributed by atoms with Gasteiger partial charge in [-0.1, -0.05) is 48.5 Å². The molecule has 0 aliphatic carbocycles. The number of carbonyl (C=O) groups excluding carboxylic acids is 1. The standard InChI is InChI=1S/C31H32N4O7S3/c1-23-13-14-24(2)29(21-23)33-43(37,38)26-17-15-25(16-18-26)32-31(36)30-22-34(44(39,40)27-9-5-3-6-10-27)19-20-35(30)45(41,42)28-11-7-4-8-12-28/h3-18,21,30,33H,19-20,22H2,1-2H3,(H,32,36). The average Bonchev–Trinajstić information content (AvgIpc) is 3.03. The number of carbonyl (C=O) groups is 1. The molecule has 1 amide bonds. The maximum absolute atomic E-state index is 13.7. The molecule has 4 aromatic rings. The van der Waals surface area contributed by atoms with Gasteiger partial charge in [-0.3, -0.25) is 9.52 Å². The van der Waals surface area contributed by atoms with E-state index in [1.165, 1.54) is 48.5 Å². The molecule has 1 aliphatic rings. The Morgan fingerprint density at radius 2 is 1.27 bits per heavy atom. The Labute approximate surface area is 263 Å². The number of amides is 1. The third-order valence-corrected chi connectivity index (χ3v) is 12.6. The zero-order chi connectivity index (χ0) is 32.4. The predicted octanol–water partition coefficient (Wildman–Crippen LogP) is 3.81. The molecule has 2 N–H and O–H groups in total. The lowest BCUT2D eigenvalue weighted by molar-refractivity contribution is -0.120. The quantitative estimate of drug-likeness (QED) is 0.276. The van der Waals surface area contributed by atoms with E-state index in [1.54, 1.807) is 49.4 Å². The lowest BCUT2D eigenvalue weighted by Crippen LogP contribution is -2.60. The van der Waals surface area contributed by atoms with Crippen molar-refractivity contribution in [2.45, 2.75) is 34.6 Å². The Morgan fingerprint density at radius 1 is 0.689 bits per heavy atom. The molecule has 1 atom stereocenters. The molecular weight excluding hydrogens is 637 g/mol.